The molecule has 4 rings (SSSR count). The van der Waals surface area contributed by atoms with Crippen molar-refractivity contribution in [3.05, 3.63) is 71.5 Å². The molecule has 1 atom stereocenters. The van der Waals surface area contributed by atoms with Gasteiger partial charge in [-0.05, 0) is 55.9 Å². The summed E-state index contributed by atoms with van der Waals surface area (Å²) in [4.78, 5) is 15.3. The molecular formula is C24H28N4OS. The van der Waals surface area contributed by atoms with E-state index in [4.69, 9.17) is 0 Å². The Balaban J connectivity index is 1.44. The lowest BCUT2D eigenvalue weighted by Gasteiger charge is -2.35. The van der Waals surface area contributed by atoms with E-state index in [0.29, 0.717) is 5.75 Å². The van der Waals surface area contributed by atoms with Gasteiger partial charge in [0.1, 0.15) is 6.33 Å². The van der Waals surface area contributed by atoms with Gasteiger partial charge in [0.25, 0.3) is 0 Å². The van der Waals surface area contributed by atoms with Gasteiger partial charge in [-0.25, -0.2) is 0 Å². The molecule has 0 bridgehead atoms. The fourth-order valence-electron chi connectivity index (χ4n) is 4.11. The molecule has 6 heteroatoms. The monoisotopic (exact) mass is 420 g/mol. The van der Waals surface area contributed by atoms with E-state index in [1.165, 1.54) is 28.5 Å². The molecule has 0 fully saturated rings. The predicted octanol–water partition coefficient (Wildman–Crippen LogP) is 4.46. The first-order chi connectivity index (χ1) is 14.7. The van der Waals surface area contributed by atoms with Gasteiger partial charge < -0.3 is 4.90 Å². The smallest absolute Gasteiger partial charge is 0.233 e. The third-order valence-electron chi connectivity index (χ3n) is 5.70. The molecule has 1 aliphatic carbocycles. The Morgan fingerprint density at radius 2 is 1.93 bits per heavy atom. The normalized spacial score (nSPS) is 15.6. The van der Waals surface area contributed by atoms with E-state index < -0.39 is 0 Å². The second-order valence-corrected chi connectivity index (χ2v) is 8.80. The van der Waals surface area contributed by atoms with Crippen LogP contribution in [0.4, 0.5) is 0 Å². The number of rotatable bonds is 7. The second kappa shape index (κ2) is 9.47. The number of hydrogen-bond acceptors (Lipinski definition) is 4. The number of thioether (sulfide) groups is 1. The average Bonchev–Trinajstić information content (AvgIpc) is 3.24. The van der Waals surface area contributed by atoms with Crippen LogP contribution in [0.15, 0.2) is 60.0 Å². The Morgan fingerprint density at radius 3 is 2.70 bits per heavy atom. The Kier molecular flexibility index (Phi) is 6.53. The van der Waals surface area contributed by atoms with E-state index in [1.807, 2.05) is 16.7 Å². The van der Waals surface area contributed by atoms with Crippen molar-refractivity contribution >= 4 is 17.7 Å². The maximum absolute atomic E-state index is 13.2. The summed E-state index contributed by atoms with van der Waals surface area (Å²) >= 11 is 1.46. The number of fused-ring (bicyclic) bond motifs is 1. The molecule has 0 saturated heterocycles. The van der Waals surface area contributed by atoms with Crippen molar-refractivity contribution in [2.75, 3.05) is 12.3 Å². The number of benzene rings is 2. The highest BCUT2D eigenvalue weighted by Crippen LogP contribution is 2.26. The molecule has 5 nitrogen and oxygen atoms in total. The summed E-state index contributed by atoms with van der Waals surface area (Å²) in [5.41, 5.74) is 5.03. The molecule has 0 aliphatic heterocycles. The van der Waals surface area contributed by atoms with Crippen molar-refractivity contribution in [3.63, 3.8) is 0 Å². The number of nitrogens with zero attached hydrogens (tertiary/aromatic N) is 4. The molecule has 0 radical (unpaired) electrons. The van der Waals surface area contributed by atoms with Crippen LogP contribution < -0.4 is 0 Å². The van der Waals surface area contributed by atoms with E-state index in [9.17, 15) is 4.79 Å². The lowest BCUT2D eigenvalue weighted by Crippen LogP contribution is -2.44. The molecule has 30 heavy (non-hydrogen) atoms. The Bertz CT molecular complexity index is 998. The van der Waals surface area contributed by atoms with Crippen LogP contribution in [0.5, 0.6) is 0 Å². The summed E-state index contributed by atoms with van der Waals surface area (Å²) < 4.78 is 1.94. The highest BCUT2D eigenvalue weighted by molar-refractivity contribution is 7.99. The van der Waals surface area contributed by atoms with Crippen LogP contribution in [0.1, 0.15) is 36.5 Å². The molecule has 1 aliphatic rings. The zero-order valence-corrected chi connectivity index (χ0v) is 18.4. The van der Waals surface area contributed by atoms with Crippen LogP contribution in [0, 0.1) is 6.92 Å². The standard InChI is InChI=1S/C24H28N4OS/c1-3-14-27(22-13-10-19-6-4-5-7-20(19)15-22)23(29)16-30-24-26-25-17-28(24)21-11-8-18(2)9-12-21/h4-9,11-12,17,22H,3,10,13-16H2,1-2H3/t22-/m1/s1. The summed E-state index contributed by atoms with van der Waals surface area (Å²) in [5, 5.41) is 9.05. The van der Waals surface area contributed by atoms with Gasteiger partial charge in [0.15, 0.2) is 5.16 Å². The van der Waals surface area contributed by atoms with Crippen molar-refractivity contribution in [1.82, 2.24) is 19.7 Å². The lowest BCUT2D eigenvalue weighted by atomic mass is 9.87. The van der Waals surface area contributed by atoms with Crippen molar-refractivity contribution in [3.8, 4) is 5.69 Å². The number of carbonyl (C=O) groups is 1. The number of carbonyl (C=O) groups excluding carboxylic acids is 1. The highest BCUT2D eigenvalue weighted by atomic mass is 32.2. The topological polar surface area (TPSA) is 51.0 Å². The second-order valence-electron chi connectivity index (χ2n) is 7.86. The van der Waals surface area contributed by atoms with E-state index in [-0.39, 0.29) is 11.9 Å². The fraction of sp³-hybridized carbons (Fsp3) is 0.375. The first-order valence-electron chi connectivity index (χ1n) is 10.6. The van der Waals surface area contributed by atoms with E-state index in [1.54, 1.807) is 6.33 Å². The predicted molar refractivity (Wildman–Crippen MR) is 121 cm³/mol. The Morgan fingerprint density at radius 1 is 1.17 bits per heavy atom. The molecule has 3 aromatic rings. The first-order valence-corrected chi connectivity index (χ1v) is 11.6. The minimum absolute atomic E-state index is 0.185. The third kappa shape index (κ3) is 4.59. The van der Waals surface area contributed by atoms with Crippen LogP contribution in [-0.4, -0.2) is 43.9 Å². The minimum Gasteiger partial charge on any atom is -0.339 e. The van der Waals surface area contributed by atoms with E-state index >= 15 is 0 Å². The van der Waals surface area contributed by atoms with Gasteiger partial charge in [0.05, 0.1) is 5.75 Å². The summed E-state index contributed by atoms with van der Waals surface area (Å²) in [6.07, 6.45) is 5.70. The van der Waals surface area contributed by atoms with Gasteiger partial charge in [0, 0.05) is 18.3 Å². The van der Waals surface area contributed by atoms with Crippen LogP contribution in [0.2, 0.25) is 0 Å². The van der Waals surface area contributed by atoms with Gasteiger partial charge in [-0.3, -0.25) is 9.36 Å². The molecule has 1 amide bonds. The van der Waals surface area contributed by atoms with Crippen LogP contribution in [0.25, 0.3) is 5.69 Å². The number of aryl methyl sites for hydroxylation is 2. The summed E-state index contributed by atoms with van der Waals surface area (Å²) in [5.74, 6) is 0.563. The molecule has 1 heterocycles. The van der Waals surface area contributed by atoms with Crippen molar-refractivity contribution in [1.29, 1.82) is 0 Å². The molecule has 156 valence electrons. The Labute approximate surface area is 182 Å². The van der Waals surface area contributed by atoms with Crippen molar-refractivity contribution < 1.29 is 4.79 Å². The van der Waals surface area contributed by atoms with Gasteiger partial charge in [-0.1, -0.05) is 60.6 Å². The SMILES string of the molecule is CCCN(C(=O)CSc1nncn1-c1ccc(C)cc1)[C@@H]1CCc2ccccc2C1. The van der Waals surface area contributed by atoms with Crippen LogP contribution in [-0.2, 0) is 17.6 Å². The molecule has 0 N–H and O–H groups in total. The van der Waals surface area contributed by atoms with E-state index in [2.05, 4.69) is 65.3 Å². The maximum atomic E-state index is 13.2. The van der Waals surface area contributed by atoms with Gasteiger partial charge in [-0.15, -0.1) is 10.2 Å². The molecule has 2 aromatic carbocycles. The zero-order valence-electron chi connectivity index (χ0n) is 17.6. The third-order valence-corrected chi connectivity index (χ3v) is 6.63. The van der Waals surface area contributed by atoms with Crippen molar-refractivity contribution in [2.45, 2.75) is 50.7 Å². The summed E-state index contributed by atoms with van der Waals surface area (Å²) in [7, 11) is 0. The molecule has 0 unspecified atom stereocenters. The number of hydrogen-bond donors (Lipinski definition) is 0. The first kappa shape index (κ1) is 20.7. The highest BCUT2D eigenvalue weighted by Gasteiger charge is 2.27. The largest absolute Gasteiger partial charge is 0.339 e. The molecule has 1 aromatic heterocycles. The van der Waals surface area contributed by atoms with Gasteiger partial charge in [0.2, 0.25) is 5.91 Å². The van der Waals surface area contributed by atoms with Gasteiger partial charge >= 0.3 is 0 Å². The zero-order chi connectivity index (χ0) is 20.9. The number of amides is 1. The van der Waals surface area contributed by atoms with E-state index in [0.717, 1.165) is 43.1 Å². The fourth-order valence-corrected chi connectivity index (χ4v) is 4.93. The van der Waals surface area contributed by atoms with Gasteiger partial charge in [-0.2, -0.15) is 0 Å². The minimum atomic E-state index is 0.185. The maximum Gasteiger partial charge on any atom is 0.233 e. The molecule has 0 spiro atoms. The molecule has 0 saturated carbocycles. The van der Waals surface area contributed by atoms with Crippen molar-refractivity contribution in [2.24, 2.45) is 0 Å². The average molecular weight is 421 g/mol. The molecular weight excluding hydrogens is 392 g/mol. The summed E-state index contributed by atoms with van der Waals surface area (Å²) in [6.45, 7) is 5.01. The summed E-state index contributed by atoms with van der Waals surface area (Å²) in [6, 6.07) is 17.1. The van der Waals surface area contributed by atoms with Crippen LogP contribution >= 0.6 is 11.8 Å². The lowest BCUT2D eigenvalue weighted by molar-refractivity contribution is -0.130. The number of aromatic nitrogens is 3. The Hall–Kier alpha value is -2.60. The quantitative estimate of drug-likeness (QED) is 0.530. The van der Waals surface area contributed by atoms with Crippen LogP contribution in [0.3, 0.4) is 0 Å².